The molecule has 0 saturated carbocycles. The standard InChI is InChI=1S/C23H33ClN4O5/c1-14(25)19(30)26-18(22(2,3)32)21(31)28-9-5-8-17(28)20-27-23(12-29,13-33-20)11-15-6-4-7-16(24)10-15/h4,6-7,10,14,17-18,29,32H,5,8-9,11-13,25H2,1-3H3,(H,26,30)/t14-,17?,18+,23-/m0/s1. The molecule has 1 aromatic carbocycles. The van der Waals surface area contributed by atoms with Crippen LogP contribution in [0.4, 0.5) is 0 Å². The quantitative estimate of drug-likeness (QED) is 0.430. The number of aliphatic hydroxyl groups excluding tert-OH is 1. The van der Waals surface area contributed by atoms with Crippen LogP contribution in [0.1, 0.15) is 39.2 Å². The van der Waals surface area contributed by atoms with E-state index in [-0.39, 0.29) is 13.2 Å². The number of likely N-dealkylation sites (tertiary alicyclic amines) is 1. The van der Waals surface area contributed by atoms with Crippen molar-refractivity contribution in [3.63, 3.8) is 0 Å². The number of benzene rings is 1. The number of nitrogens with two attached hydrogens (primary N) is 1. The minimum atomic E-state index is -1.51. The molecule has 5 N–H and O–H groups in total. The van der Waals surface area contributed by atoms with Crippen molar-refractivity contribution in [2.45, 2.75) is 69.3 Å². The summed E-state index contributed by atoms with van der Waals surface area (Å²) in [5.74, 6) is -0.576. The first kappa shape index (κ1) is 25.4. The van der Waals surface area contributed by atoms with Gasteiger partial charge in [-0.1, -0.05) is 23.7 Å². The van der Waals surface area contributed by atoms with E-state index in [4.69, 9.17) is 27.1 Å². The van der Waals surface area contributed by atoms with Crippen LogP contribution in [0.2, 0.25) is 5.02 Å². The third kappa shape index (κ3) is 5.84. The lowest BCUT2D eigenvalue weighted by Gasteiger charge is -2.34. The number of carbonyl (C=O) groups is 2. The van der Waals surface area contributed by atoms with E-state index in [1.54, 1.807) is 11.0 Å². The van der Waals surface area contributed by atoms with E-state index >= 15 is 0 Å². The maximum Gasteiger partial charge on any atom is 0.248 e. The predicted molar refractivity (Wildman–Crippen MR) is 125 cm³/mol. The van der Waals surface area contributed by atoms with E-state index in [1.165, 1.54) is 20.8 Å². The van der Waals surface area contributed by atoms with Gasteiger partial charge in [0.05, 0.1) is 18.2 Å². The molecule has 10 heteroatoms. The third-order valence-corrected chi connectivity index (χ3v) is 6.26. The number of hydrogen-bond donors (Lipinski definition) is 4. The van der Waals surface area contributed by atoms with Crippen LogP contribution in [0.5, 0.6) is 0 Å². The van der Waals surface area contributed by atoms with Crippen LogP contribution in [0.15, 0.2) is 29.3 Å². The van der Waals surface area contributed by atoms with Gasteiger partial charge in [-0.3, -0.25) is 9.59 Å². The van der Waals surface area contributed by atoms with Gasteiger partial charge in [-0.15, -0.1) is 0 Å². The molecule has 2 aliphatic heterocycles. The zero-order valence-electron chi connectivity index (χ0n) is 19.3. The Kier molecular flexibility index (Phi) is 7.68. The molecule has 0 spiro atoms. The van der Waals surface area contributed by atoms with Gasteiger partial charge >= 0.3 is 0 Å². The zero-order chi connectivity index (χ0) is 24.4. The molecule has 0 bridgehead atoms. The van der Waals surface area contributed by atoms with Crippen LogP contribution in [0.25, 0.3) is 0 Å². The fourth-order valence-corrected chi connectivity index (χ4v) is 4.41. The van der Waals surface area contributed by atoms with Gasteiger partial charge in [0.2, 0.25) is 17.7 Å². The van der Waals surface area contributed by atoms with Gasteiger partial charge in [0.25, 0.3) is 0 Å². The van der Waals surface area contributed by atoms with Gasteiger partial charge in [-0.2, -0.15) is 0 Å². The Hall–Kier alpha value is -2.20. The number of rotatable bonds is 8. The largest absolute Gasteiger partial charge is 0.477 e. The highest BCUT2D eigenvalue weighted by atomic mass is 35.5. The number of nitrogens with zero attached hydrogens (tertiary/aromatic N) is 2. The van der Waals surface area contributed by atoms with E-state index in [0.717, 1.165) is 12.0 Å². The molecule has 33 heavy (non-hydrogen) atoms. The highest BCUT2D eigenvalue weighted by Gasteiger charge is 2.46. The molecule has 2 aliphatic rings. The lowest BCUT2D eigenvalue weighted by atomic mass is 9.93. The Morgan fingerprint density at radius 1 is 1.45 bits per heavy atom. The Labute approximate surface area is 198 Å². The highest BCUT2D eigenvalue weighted by Crippen LogP contribution is 2.30. The average molecular weight is 481 g/mol. The van der Waals surface area contributed by atoms with Gasteiger partial charge in [0, 0.05) is 18.0 Å². The minimum absolute atomic E-state index is 0.181. The second kappa shape index (κ2) is 9.97. The Morgan fingerprint density at radius 2 is 2.18 bits per heavy atom. The molecule has 182 valence electrons. The molecular formula is C23H33ClN4O5. The summed E-state index contributed by atoms with van der Waals surface area (Å²) < 4.78 is 5.90. The second-order valence-electron chi connectivity index (χ2n) is 9.50. The Morgan fingerprint density at radius 3 is 2.79 bits per heavy atom. The van der Waals surface area contributed by atoms with Gasteiger partial charge in [0.15, 0.2) is 0 Å². The van der Waals surface area contributed by atoms with Crippen molar-refractivity contribution in [3.05, 3.63) is 34.9 Å². The van der Waals surface area contributed by atoms with Crippen LogP contribution in [-0.2, 0) is 20.7 Å². The third-order valence-electron chi connectivity index (χ3n) is 6.03. The first-order chi connectivity index (χ1) is 15.5. The maximum absolute atomic E-state index is 13.4. The zero-order valence-corrected chi connectivity index (χ0v) is 20.0. The molecular weight excluding hydrogens is 448 g/mol. The number of ether oxygens (including phenoxy) is 1. The number of aliphatic imine (C=N–C) groups is 1. The molecule has 0 aliphatic carbocycles. The van der Waals surface area contributed by atoms with Crippen LogP contribution in [0.3, 0.4) is 0 Å². The summed E-state index contributed by atoms with van der Waals surface area (Å²) in [6.45, 7) is 4.84. The van der Waals surface area contributed by atoms with Crippen LogP contribution in [-0.4, -0.2) is 81.8 Å². The first-order valence-electron chi connectivity index (χ1n) is 11.1. The van der Waals surface area contributed by atoms with Crippen molar-refractivity contribution in [2.75, 3.05) is 19.8 Å². The average Bonchev–Trinajstić information content (AvgIpc) is 3.38. The summed E-state index contributed by atoms with van der Waals surface area (Å²) in [7, 11) is 0. The van der Waals surface area contributed by atoms with E-state index < -0.39 is 41.1 Å². The van der Waals surface area contributed by atoms with Crippen LogP contribution in [0, 0.1) is 0 Å². The van der Waals surface area contributed by atoms with Crippen molar-refractivity contribution in [2.24, 2.45) is 10.7 Å². The number of halogens is 1. The molecule has 9 nitrogen and oxygen atoms in total. The molecule has 4 atom stereocenters. The fraction of sp³-hybridized carbons (Fsp3) is 0.609. The van der Waals surface area contributed by atoms with Gasteiger partial charge < -0.3 is 30.9 Å². The minimum Gasteiger partial charge on any atom is -0.477 e. The molecule has 1 unspecified atom stereocenters. The van der Waals surface area contributed by atoms with Crippen LogP contribution < -0.4 is 11.1 Å². The number of amides is 2. The molecule has 1 aromatic rings. The van der Waals surface area contributed by atoms with Crippen molar-refractivity contribution in [1.82, 2.24) is 10.2 Å². The number of carbonyl (C=O) groups excluding carboxylic acids is 2. The summed E-state index contributed by atoms with van der Waals surface area (Å²) in [4.78, 5) is 31.9. The molecule has 1 saturated heterocycles. The molecule has 2 heterocycles. The normalized spacial score (nSPS) is 24.8. The summed E-state index contributed by atoms with van der Waals surface area (Å²) in [6, 6.07) is 4.92. The Balaban J connectivity index is 1.82. The summed E-state index contributed by atoms with van der Waals surface area (Å²) >= 11 is 6.10. The molecule has 0 radical (unpaired) electrons. The maximum atomic E-state index is 13.4. The van der Waals surface area contributed by atoms with E-state index in [0.29, 0.717) is 30.3 Å². The van der Waals surface area contributed by atoms with Crippen molar-refractivity contribution < 1.29 is 24.5 Å². The van der Waals surface area contributed by atoms with Crippen molar-refractivity contribution >= 4 is 29.3 Å². The van der Waals surface area contributed by atoms with Crippen molar-refractivity contribution in [3.8, 4) is 0 Å². The van der Waals surface area contributed by atoms with Gasteiger partial charge in [0.1, 0.15) is 24.2 Å². The first-order valence-corrected chi connectivity index (χ1v) is 11.5. The molecule has 3 rings (SSSR count). The smallest absolute Gasteiger partial charge is 0.248 e. The summed E-state index contributed by atoms with van der Waals surface area (Å²) in [6.07, 6.45) is 1.78. The number of nitrogens with one attached hydrogen (secondary N) is 1. The van der Waals surface area contributed by atoms with E-state index in [1.807, 2.05) is 18.2 Å². The summed E-state index contributed by atoms with van der Waals surface area (Å²) in [5.41, 5.74) is 4.19. The lowest BCUT2D eigenvalue weighted by Crippen LogP contribution is -2.61. The van der Waals surface area contributed by atoms with E-state index in [9.17, 15) is 19.8 Å². The van der Waals surface area contributed by atoms with Crippen molar-refractivity contribution in [1.29, 1.82) is 0 Å². The van der Waals surface area contributed by atoms with Gasteiger partial charge in [-0.25, -0.2) is 4.99 Å². The number of hydrogen-bond acceptors (Lipinski definition) is 7. The monoisotopic (exact) mass is 480 g/mol. The number of aliphatic hydroxyl groups is 2. The molecule has 2 amide bonds. The van der Waals surface area contributed by atoms with Gasteiger partial charge in [-0.05, 0) is 51.3 Å². The molecule has 0 aromatic heterocycles. The lowest BCUT2D eigenvalue weighted by molar-refractivity contribution is -0.143. The summed E-state index contributed by atoms with van der Waals surface area (Å²) in [5, 5.41) is 23.9. The highest BCUT2D eigenvalue weighted by molar-refractivity contribution is 6.30. The van der Waals surface area contributed by atoms with E-state index in [2.05, 4.69) is 5.32 Å². The fourth-order valence-electron chi connectivity index (χ4n) is 4.20. The Bertz CT molecular complexity index is 916. The van der Waals surface area contributed by atoms with Crippen LogP contribution >= 0.6 is 11.6 Å². The SMILES string of the molecule is C[C@H](N)C(=O)N[C@H](C(=O)N1CCCC1C1=N[C@](CO)(Cc2cccc(Cl)c2)CO1)C(C)(C)O. The second-order valence-corrected chi connectivity index (χ2v) is 9.94. The molecule has 1 fully saturated rings. The topological polar surface area (TPSA) is 137 Å². The predicted octanol–water partition coefficient (Wildman–Crippen LogP) is 0.636.